The number of methoxy groups -OCH3 is 1. The fraction of sp³-hybridized carbons (Fsp3) is 0.296. The van der Waals surface area contributed by atoms with Gasteiger partial charge in [0.2, 0.25) is 11.8 Å². The quantitative estimate of drug-likeness (QED) is 0.445. The number of hydrogen-bond acceptors (Lipinski definition) is 5. The molecule has 1 saturated carbocycles. The minimum atomic E-state index is -1.04. The first-order valence-electron chi connectivity index (χ1n) is 11.5. The number of ether oxygens (including phenoxy) is 1. The molecule has 0 radical (unpaired) electrons. The number of anilines is 1. The first-order chi connectivity index (χ1) is 17.0. The lowest BCUT2D eigenvalue weighted by Crippen LogP contribution is -2.47. The summed E-state index contributed by atoms with van der Waals surface area (Å²) in [5, 5.41) is 4.97. The van der Waals surface area contributed by atoms with Gasteiger partial charge in [0.05, 0.1) is 19.1 Å². The first kappa shape index (κ1) is 24.6. The van der Waals surface area contributed by atoms with Gasteiger partial charge in [0.1, 0.15) is 11.9 Å². The Morgan fingerprint density at radius 2 is 1.83 bits per heavy atom. The van der Waals surface area contributed by atoms with Crippen molar-refractivity contribution in [3.63, 3.8) is 0 Å². The van der Waals surface area contributed by atoms with Crippen molar-refractivity contribution in [2.45, 2.75) is 44.2 Å². The minimum absolute atomic E-state index is 0.0288. The predicted molar refractivity (Wildman–Crippen MR) is 133 cm³/mol. The highest BCUT2D eigenvalue weighted by molar-refractivity contribution is 7.10. The van der Waals surface area contributed by atoms with Gasteiger partial charge in [-0.25, -0.2) is 9.18 Å². The summed E-state index contributed by atoms with van der Waals surface area (Å²) in [5.74, 6) is -1.64. The first-order valence-corrected chi connectivity index (χ1v) is 12.4. The molecule has 2 aromatic carbocycles. The summed E-state index contributed by atoms with van der Waals surface area (Å²) < 4.78 is 18.6. The van der Waals surface area contributed by atoms with Crippen molar-refractivity contribution in [3.05, 3.63) is 87.9 Å². The average molecular weight is 495 g/mol. The average Bonchev–Trinajstić information content (AvgIpc) is 3.57. The number of carbonyl (C=O) groups excluding carboxylic acids is 3. The van der Waals surface area contributed by atoms with Gasteiger partial charge >= 0.3 is 5.97 Å². The van der Waals surface area contributed by atoms with Crippen LogP contribution in [0.15, 0.2) is 66.0 Å². The summed E-state index contributed by atoms with van der Waals surface area (Å²) in [6, 6.07) is 14.7. The fourth-order valence-corrected chi connectivity index (χ4v) is 5.09. The molecule has 1 fully saturated rings. The molecule has 2 amide bonds. The number of esters is 1. The van der Waals surface area contributed by atoms with Crippen LogP contribution < -0.4 is 10.2 Å². The summed E-state index contributed by atoms with van der Waals surface area (Å²) in [5.41, 5.74) is 1.11. The molecule has 35 heavy (non-hydrogen) atoms. The second-order valence-electron chi connectivity index (χ2n) is 8.51. The zero-order chi connectivity index (χ0) is 24.8. The molecule has 0 unspecified atom stereocenters. The van der Waals surface area contributed by atoms with E-state index in [0.717, 1.165) is 30.6 Å². The van der Waals surface area contributed by atoms with E-state index in [2.05, 4.69) is 5.32 Å². The van der Waals surface area contributed by atoms with Crippen molar-refractivity contribution in [3.8, 4) is 0 Å². The number of benzene rings is 2. The fourth-order valence-electron chi connectivity index (χ4n) is 4.40. The lowest BCUT2D eigenvalue weighted by molar-refractivity contribution is -0.127. The Balaban J connectivity index is 1.79. The number of rotatable bonds is 8. The van der Waals surface area contributed by atoms with E-state index in [0.29, 0.717) is 11.3 Å². The second-order valence-corrected chi connectivity index (χ2v) is 9.54. The zero-order valence-electron chi connectivity index (χ0n) is 19.4. The standard InChI is InChI=1S/C27H27FN2O4S/c1-34-27(33)19-6-4-9-22(16-19)30(24(31)17-23-10-5-15-35-23)25(18-11-13-20(28)14-12-18)26(32)29-21-7-2-3-8-21/h4-6,9-16,21,25H,2-3,7-8,17H2,1H3,(H,29,32)/t25-/m0/s1. The molecule has 1 aliphatic carbocycles. The van der Waals surface area contributed by atoms with E-state index in [4.69, 9.17) is 4.74 Å². The van der Waals surface area contributed by atoms with Crippen LogP contribution in [0.1, 0.15) is 52.5 Å². The van der Waals surface area contributed by atoms with Crippen LogP contribution in [0.3, 0.4) is 0 Å². The van der Waals surface area contributed by atoms with E-state index in [9.17, 15) is 18.8 Å². The maximum atomic E-state index is 13.8. The van der Waals surface area contributed by atoms with Gasteiger partial charge in [0.25, 0.3) is 0 Å². The van der Waals surface area contributed by atoms with E-state index in [-0.39, 0.29) is 29.8 Å². The predicted octanol–water partition coefficient (Wildman–Crippen LogP) is 5.05. The summed E-state index contributed by atoms with van der Waals surface area (Å²) in [7, 11) is 1.28. The van der Waals surface area contributed by atoms with Crippen LogP contribution in [0.5, 0.6) is 0 Å². The zero-order valence-corrected chi connectivity index (χ0v) is 20.2. The highest BCUT2D eigenvalue weighted by atomic mass is 32.1. The number of hydrogen-bond donors (Lipinski definition) is 1. The van der Waals surface area contributed by atoms with E-state index in [1.165, 1.54) is 53.7 Å². The van der Waals surface area contributed by atoms with Crippen molar-refractivity contribution >= 4 is 34.8 Å². The van der Waals surface area contributed by atoms with E-state index in [1.54, 1.807) is 18.2 Å². The van der Waals surface area contributed by atoms with Crippen LogP contribution in [0.25, 0.3) is 0 Å². The van der Waals surface area contributed by atoms with Gasteiger partial charge < -0.3 is 10.1 Å². The molecular weight excluding hydrogens is 467 g/mol. The number of amides is 2. The number of halogens is 1. The SMILES string of the molecule is COC(=O)c1cccc(N(C(=O)Cc2cccs2)[C@H](C(=O)NC2CCCC2)c2ccc(F)cc2)c1. The van der Waals surface area contributed by atoms with Crippen LogP contribution >= 0.6 is 11.3 Å². The topological polar surface area (TPSA) is 75.7 Å². The lowest BCUT2D eigenvalue weighted by Gasteiger charge is -2.32. The molecule has 0 bridgehead atoms. The maximum absolute atomic E-state index is 13.8. The molecule has 1 aliphatic rings. The molecule has 1 atom stereocenters. The van der Waals surface area contributed by atoms with E-state index >= 15 is 0 Å². The molecular formula is C27H27FN2O4S. The molecule has 8 heteroatoms. The normalized spacial score (nSPS) is 14.3. The third-order valence-electron chi connectivity index (χ3n) is 6.11. The molecule has 1 N–H and O–H groups in total. The monoisotopic (exact) mass is 494 g/mol. The third kappa shape index (κ3) is 5.95. The molecule has 4 rings (SSSR count). The van der Waals surface area contributed by atoms with Gasteiger partial charge in [-0.15, -0.1) is 11.3 Å². The Kier molecular flexibility index (Phi) is 7.92. The number of thiophene rings is 1. The molecule has 1 heterocycles. The van der Waals surface area contributed by atoms with Crippen molar-refractivity contribution in [2.24, 2.45) is 0 Å². The van der Waals surface area contributed by atoms with Gasteiger partial charge in [-0.2, -0.15) is 0 Å². The van der Waals surface area contributed by atoms with Crippen molar-refractivity contribution in [2.75, 3.05) is 12.0 Å². The Morgan fingerprint density at radius 1 is 1.09 bits per heavy atom. The summed E-state index contributed by atoms with van der Waals surface area (Å²) in [4.78, 5) is 41.9. The molecule has 0 spiro atoms. The third-order valence-corrected chi connectivity index (χ3v) is 6.99. The van der Waals surface area contributed by atoms with Crippen LogP contribution in [0, 0.1) is 5.82 Å². The molecule has 1 aromatic heterocycles. The van der Waals surface area contributed by atoms with Crippen molar-refractivity contribution in [1.82, 2.24) is 5.32 Å². The van der Waals surface area contributed by atoms with Gasteiger partial charge in [0.15, 0.2) is 0 Å². The van der Waals surface area contributed by atoms with E-state index in [1.807, 2.05) is 17.5 Å². The van der Waals surface area contributed by atoms with Crippen LogP contribution in [-0.4, -0.2) is 30.9 Å². The highest BCUT2D eigenvalue weighted by Crippen LogP contribution is 2.31. The number of carbonyl (C=O) groups is 3. The summed E-state index contributed by atoms with van der Waals surface area (Å²) >= 11 is 1.45. The largest absolute Gasteiger partial charge is 0.465 e. The van der Waals surface area contributed by atoms with E-state index < -0.39 is 17.8 Å². The molecule has 6 nitrogen and oxygen atoms in total. The molecule has 182 valence electrons. The minimum Gasteiger partial charge on any atom is -0.465 e. The Hall–Kier alpha value is -3.52. The lowest BCUT2D eigenvalue weighted by atomic mass is 10.0. The molecule has 0 aliphatic heterocycles. The number of nitrogens with zero attached hydrogens (tertiary/aromatic N) is 1. The van der Waals surface area contributed by atoms with Gasteiger partial charge in [-0.1, -0.05) is 37.1 Å². The smallest absolute Gasteiger partial charge is 0.337 e. The Bertz CT molecular complexity index is 1170. The highest BCUT2D eigenvalue weighted by Gasteiger charge is 2.34. The van der Waals surface area contributed by atoms with Crippen molar-refractivity contribution in [1.29, 1.82) is 0 Å². The molecule has 0 saturated heterocycles. The van der Waals surface area contributed by atoms with Crippen LogP contribution in [0.2, 0.25) is 0 Å². The number of nitrogens with one attached hydrogen (secondary N) is 1. The van der Waals surface area contributed by atoms with Crippen LogP contribution in [-0.2, 0) is 20.7 Å². The Labute approximate surface area is 207 Å². The van der Waals surface area contributed by atoms with Gasteiger partial charge in [-0.05, 0) is 60.2 Å². The van der Waals surface area contributed by atoms with Gasteiger partial charge in [0, 0.05) is 16.6 Å². The summed E-state index contributed by atoms with van der Waals surface area (Å²) in [6.45, 7) is 0. The second kappa shape index (κ2) is 11.3. The summed E-state index contributed by atoms with van der Waals surface area (Å²) in [6.07, 6.45) is 3.91. The Morgan fingerprint density at radius 3 is 2.49 bits per heavy atom. The maximum Gasteiger partial charge on any atom is 0.337 e. The molecule has 3 aromatic rings. The van der Waals surface area contributed by atoms with Crippen molar-refractivity contribution < 1.29 is 23.5 Å². The van der Waals surface area contributed by atoms with Crippen LogP contribution in [0.4, 0.5) is 10.1 Å². The van der Waals surface area contributed by atoms with Gasteiger partial charge in [-0.3, -0.25) is 14.5 Å².